The van der Waals surface area contributed by atoms with Gasteiger partial charge < -0.3 is 10.5 Å². The molecule has 2 nitrogen and oxygen atoms in total. The van der Waals surface area contributed by atoms with Gasteiger partial charge in [0.1, 0.15) is 5.75 Å². The predicted octanol–water partition coefficient (Wildman–Crippen LogP) is 2.24. The van der Waals surface area contributed by atoms with Crippen molar-refractivity contribution in [2.45, 2.75) is 18.3 Å². The van der Waals surface area contributed by atoms with Crippen molar-refractivity contribution >= 4 is 0 Å². The van der Waals surface area contributed by atoms with Gasteiger partial charge in [0.25, 0.3) is 0 Å². The fourth-order valence-corrected chi connectivity index (χ4v) is 2.17. The molecule has 0 radical (unpaired) electrons. The quantitative estimate of drug-likeness (QED) is 0.765. The van der Waals surface area contributed by atoms with Crippen molar-refractivity contribution in [1.82, 2.24) is 0 Å². The van der Waals surface area contributed by atoms with Gasteiger partial charge >= 0.3 is 0 Å². The summed E-state index contributed by atoms with van der Waals surface area (Å²) in [6.07, 6.45) is 6.54. The van der Waals surface area contributed by atoms with Crippen molar-refractivity contribution in [2.75, 3.05) is 13.7 Å². The van der Waals surface area contributed by atoms with E-state index in [0.717, 1.165) is 18.6 Å². The van der Waals surface area contributed by atoms with E-state index >= 15 is 0 Å². The molecule has 1 aromatic rings. The number of methoxy groups -OCH3 is 1. The number of benzene rings is 1. The zero-order chi connectivity index (χ0) is 10.7. The molecule has 1 aliphatic carbocycles. The van der Waals surface area contributed by atoms with Crippen molar-refractivity contribution in [2.24, 2.45) is 5.73 Å². The predicted molar refractivity (Wildman–Crippen MR) is 62.1 cm³/mol. The SMILES string of the molecule is COc1ccc(C2(CN)CC=CC2)cc1. The third-order valence-corrected chi connectivity index (χ3v) is 3.28. The van der Waals surface area contributed by atoms with E-state index in [1.54, 1.807) is 7.11 Å². The molecule has 0 heterocycles. The standard InChI is InChI=1S/C13H17NO/c1-15-12-6-4-11(5-7-12)13(10-14)8-2-3-9-13/h2-7H,8-10,14H2,1H3. The van der Waals surface area contributed by atoms with Crippen LogP contribution in [0.15, 0.2) is 36.4 Å². The average molecular weight is 203 g/mol. The van der Waals surface area contributed by atoms with Crippen LogP contribution in [0.2, 0.25) is 0 Å². The molecule has 0 atom stereocenters. The summed E-state index contributed by atoms with van der Waals surface area (Å²) in [6.45, 7) is 0.701. The van der Waals surface area contributed by atoms with Gasteiger partial charge in [0.05, 0.1) is 7.11 Å². The second-order valence-corrected chi connectivity index (χ2v) is 4.09. The molecule has 1 aliphatic rings. The average Bonchev–Trinajstić information content (AvgIpc) is 2.79. The highest BCUT2D eigenvalue weighted by Crippen LogP contribution is 2.36. The molecule has 2 rings (SSSR count). The number of nitrogens with two attached hydrogens (primary N) is 1. The van der Waals surface area contributed by atoms with Gasteiger partial charge in [-0.25, -0.2) is 0 Å². The maximum Gasteiger partial charge on any atom is 0.118 e. The van der Waals surface area contributed by atoms with Crippen LogP contribution in [0.3, 0.4) is 0 Å². The molecular weight excluding hydrogens is 186 g/mol. The molecule has 2 heteroatoms. The molecule has 80 valence electrons. The molecule has 0 aliphatic heterocycles. The van der Waals surface area contributed by atoms with E-state index in [0.29, 0.717) is 6.54 Å². The molecule has 0 unspecified atom stereocenters. The fraction of sp³-hybridized carbons (Fsp3) is 0.385. The molecule has 0 bridgehead atoms. The second kappa shape index (κ2) is 4.07. The molecular formula is C13H17NO. The highest BCUT2D eigenvalue weighted by atomic mass is 16.5. The maximum atomic E-state index is 5.90. The van der Waals surface area contributed by atoms with E-state index in [-0.39, 0.29) is 5.41 Å². The number of rotatable bonds is 3. The van der Waals surface area contributed by atoms with E-state index in [9.17, 15) is 0 Å². The Morgan fingerprint density at radius 2 is 1.80 bits per heavy atom. The third kappa shape index (κ3) is 1.77. The summed E-state index contributed by atoms with van der Waals surface area (Å²) in [5.74, 6) is 0.900. The minimum atomic E-state index is 0.131. The maximum absolute atomic E-state index is 5.90. The lowest BCUT2D eigenvalue weighted by Crippen LogP contribution is -2.32. The van der Waals surface area contributed by atoms with Gasteiger partial charge in [-0.2, -0.15) is 0 Å². The van der Waals surface area contributed by atoms with Gasteiger partial charge in [-0.05, 0) is 30.5 Å². The van der Waals surface area contributed by atoms with E-state index in [1.165, 1.54) is 5.56 Å². The minimum Gasteiger partial charge on any atom is -0.497 e. The van der Waals surface area contributed by atoms with Gasteiger partial charge in [0, 0.05) is 12.0 Å². The number of hydrogen-bond donors (Lipinski definition) is 1. The first kappa shape index (κ1) is 10.2. The van der Waals surface area contributed by atoms with Crippen LogP contribution in [0.1, 0.15) is 18.4 Å². The van der Waals surface area contributed by atoms with Crippen molar-refractivity contribution in [3.63, 3.8) is 0 Å². The van der Waals surface area contributed by atoms with Crippen molar-refractivity contribution in [3.8, 4) is 5.75 Å². The normalized spacial score (nSPS) is 18.0. The number of allylic oxidation sites excluding steroid dienone is 2. The molecule has 0 amide bonds. The molecule has 0 aromatic heterocycles. The Hall–Kier alpha value is -1.28. The van der Waals surface area contributed by atoms with Crippen LogP contribution < -0.4 is 10.5 Å². The number of ether oxygens (including phenoxy) is 1. The van der Waals surface area contributed by atoms with Crippen LogP contribution in [0.4, 0.5) is 0 Å². The molecule has 2 N–H and O–H groups in total. The van der Waals surface area contributed by atoms with Crippen LogP contribution in [0.25, 0.3) is 0 Å². The summed E-state index contributed by atoms with van der Waals surface area (Å²) in [4.78, 5) is 0. The Labute approximate surface area is 90.7 Å². The molecule has 0 saturated carbocycles. The van der Waals surface area contributed by atoms with Gasteiger partial charge in [-0.15, -0.1) is 0 Å². The summed E-state index contributed by atoms with van der Waals surface area (Å²) in [5.41, 5.74) is 7.35. The molecule has 0 fully saturated rings. The fourth-order valence-electron chi connectivity index (χ4n) is 2.17. The van der Waals surface area contributed by atoms with Crippen molar-refractivity contribution in [3.05, 3.63) is 42.0 Å². The molecule has 0 saturated heterocycles. The first-order chi connectivity index (χ1) is 7.30. The zero-order valence-corrected chi connectivity index (χ0v) is 9.07. The van der Waals surface area contributed by atoms with Crippen LogP contribution in [0, 0.1) is 0 Å². The first-order valence-electron chi connectivity index (χ1n) is 5.30. The number of hydrogen-bond acceptors (Lipinski definition) is 2. The van der Waals surface area contributed by atoms with Crippen LogP contribution in [-0.4, -0.2) is 13.7 Å². The molecule has 15 heavy (non-hydrogen) atoms. The summed E-state index contributed by atoms with van der Waals surface area (Å²) in [7, 11) is 1.69. The Morgan fingerprint density at radius 3 is 2.27 bits per heavy atom. The van der Waals surface area contributed by atoms with Crippen LogP contribution >= 0.6 is 0 Å². The summed E-state index contributed by atoms with van der Waals surface area (Å²) >= 11 is 0. The molecule has 0 spiro atoms. The van der Waals surface area contributed by atoms with Gasteiger partial charge in [-0.1, -0.05) is 24.3 Å². The van der Waals surface area contributed by atoms with Crippen molar-refractivity contribution in [1.29, 1.82) is 0 Å². The Balaban J connectivity index is 2.27. The lowest BCUT2D eigenvalue weighted by molar-refractivity contribution is 0.413. The Kier molecular flexibility index (Phi) is 2.78. The third-order valence-electron chi connectivity index (χ3n) is 3.28. The summed E-state index contributed by atoms with van der Waals surface area (Å²) in [6, 6.07) is 8.26. The Bertz CT molecular complexity index is 345. The van der Waals surface area contributed by atoms with Gasteiger partial charge in [0.2, 0.25) is 0 Å². The minimum absolute atomic E-state index is 0.131. The van der Waals surface area contributed by atoms with E-state index in [1.807, 2.05) is 12.1 Å². The van der Waals surface area contributed by atoms with E-state index in [2.05, 4.69) is 24.3 Å². The van der Waals surface area contributed by atoms with Crippen LogP contribution in [-0.2, 0) is 5.41 Å². The van der Waals surface area contributed by atoms with Gasteiger partial charge in [-0.3, -0.25) is 0 Å². The first-order valence-corrected chi connectivity index (χ1v) is 5.30. The second-order valence-electron chi connectivity index (χ2n) is 4.09. The summed E-state index contributed by atoms with van der Waals surface area (Å²) in [5, 5.41) is 0. The van der Waals surface area contributed by atoms with Crippen LogP contribution in [0.5, 0.6) is 5.75 Å². The summed E-state index contributed by atoms with van der Waals surface area (Å²) < 4.78 is 5.15. The van der Waals surface area contributed by atoms with E-state index in [4.69, 9.17) is 10.5 Å². The highest BCUT2D eigenvalue weighted by Gasteiger charge is 2.31. The molecule has 1 aromatic carbocycles. The highest BCUT2D eigenvalue weighted by molar-refractivity contribution is 5.35. The lowest BCUT2D eigenvalue weighted by atomic mass is 9.78. The Morgan fingerprint density at radius 1 is 1.20 bits per heavy atom. The van der Waals surface area contributed by atoms with Gasteiger partial charge in [0.15, 0.2) is 0 Å². The van der Waals surface area contributed by atoms with Crippen molar-refractivity contribution < 1.29 is 4.74 Å². The zero-order valence-electron chi connectivity index (χ0n) is 9.07. The smallest absolute Gasteiger partial charge is 0.118 e. The monoisotopic (exact) mass is 203 g/mol. The largest absolute Gasteiger partial charge is 0.497 e. The lowest BCUT2D eigenvalue weighted by Gasteiger charge is -2.27. The van der Waals surface area contributed by atoms with E-state index < -0.39 is 0 Å². The topological polar surface area (TPSA) is 35.2 Å².